The highest BCUT2D eigenvalue weighted by molar-refractivity contribution is 8.47. The van der Waals surface area contributed by atoms with Crippen LogP contribution in [0.25, 0.3) is 0 Å². The summed E-state index contributed by atoms with van der Waals surface area (Å²) in [5.41, 5.74) is -1.63. The number of ether oxygens (including phenoxy) is 2. The molecular formula is C91H126N2O11S4. The van der Waals surface area contributed by atoms with Crippen LogP contribution in [0.3, 0.4) is 0 Å². The van der Waals surface area contributed by atoms with Gasteiger partial charge >= 0.3 is 17.9 Å². The van der Waals surface area contributed by atoms with E-state index in [1.807, 2.05) is 93.5 Å². The van der Waals surface area contributed by atoms with E-state index in [0.717, 1.165) is 55.4 Å². The van der Waals surface area contributed by atoms with E-state index in [1.165, 1.54) is 136 Å². The van der Waals surface area contributed by atoms with Crippen LogP contribution in [0.1, 0.15) is 329 Å². The number of nitrogens with zero attached hydrogens (tertiary/aromatic N) is 2. The number of carbonyl (C=O) groups is 3. The van der Waals surface area contributed by atoms with Crippen LogP contribution in [0.2, 0.25) is 0 Å². The van der Waals surface area contributed by atoms with Gasteiger partial charge in [-0.25, -0.2) is 0 Å². The Morgan fingerprint density at radius 1 is 0.537 bits per heavy atom. The van der Waals surface area contributed by atoms with E-state index in [2.05, 4.69) is 103 Å². The van der Waals surface area contributed by atoms with Crippen LogP contribution in [-0.4, -0.2) is 105 Å². The summed E-state index contributed by atoms with van der Waals surface area (Å²) in [5, 5.41) is 36.6. The van der Waals surface area contributed by atoms with Gasteiger partial charge in [0.05, 0.1) is 15.7 Å². The lowest BCUT2D eigenvalue weighted by Crippen LogP contribution is -2.61. The number of carboxylic acids is 1. The second-order valence-corrected chi connectivity index (χ2v) is 39.2. The van der Waals surface area contributed by atoms with Crippen molar-refractivity contribution in [3.8, 4) is 71.5 Å². The van der Waals surface area contributed by atoms with Crippen molar-refractivity contribution in [3.63, 3.8) is 0 Å². The highest BCUT2D eigenvalue weighted by atomic mass is 32.2. The third-order valence-electron chi connectivity index (χ3n) is 21.7. The third-order valence-corrected chi connectivity index (χ3v) is 25.5. The highest BCUT2D eigenvalue weighted by Gasteiger charge is 2.52. The number of carbonyl (C=O) groups excluding carboxylic acids is 2. The van der Waals surface area contributed by atoms with E-state index in [9.17, 15) is 33.3 Å². The number of terminal acetylenes is 1. The standard InChI is InChI=1S/C91H126N2O11S4/c1-16-19-22-25-28-31-34-37-40-43-46-70-48-52-72(53-49-70)76(65-91(15,83(97)104-79-68-88(10,11)93(99)89(12,13)69-79)107-84(105)106-60-45-42-39-36-33-30-27-24-21-18-3)61-75(73-56-58-80(59-57-73)108(100,101)102)63-90(14,82(96)103-78-66-86(6,7)92(98)87(8,9)67-78)64-77(62-85(4,5)81(94)95)74-54-50-71(51-55-74)47-44-41-38-35-32-29-26-23-20-17-2/h1,48-59,75-79,98-99H,17-18,20-21,23-24,26-27,29-30,32-33,35-36,38-39,41-42,44-45,47,60-69H2,2-15H3,(H,94,95)(H,100,101,102). The van der Waals surface area contributed by atoms with Gasteiger partial charge in [-0.2, -0.15) is 18.5 Å². The number of aryl methyl sites for hydroxylation is 1. The van der Waals surface area contributed by atoms with Crippen molar-refractivity contribution in [1.82, 2.24) is 10.1 Å². The Morgan fingerprint density at radius 2 is 0.917 bits per heavy atom. The Labute approximate surface area is 665 Å². The first-order valence-electron chi connectivity index (χ1n) is 39.6. The summed E-state index contributed by atoms with van der Waals surface area (Å²) in [6.07, 6.45) is 31.1. The number of rotatable bonds is 42. The van der Waals surface area contributed by atoms with E-state index in [4.69, 9.17) is 28.1 Å². The molecule has 2 aliphatic heterocycles. The largest absolute Gasteiger partial charge is 0.481 e. The van der Waals surface area contributed by atoms with Crippen LogP contribution < -0.4 is 0 Å². The predicted molar refractivity (Wildman–Crippen MR) is 447 cm³/mol. The Hall–Kier alpha value is -6.03. The van der Waals surface area contributed by atoms with Crippen molar-refractivity contribution in [2.24, 2.45) is 10.8 Å². The van der Waals surface area contributed by atoms with Crippen LogP contribution >= 0.6 is 35.7 Å². The number of piperidine rings is 2. The number of unbranched alkanes of at least 4 members (excludes halogenated alkanes) is 18. The van der Waals surface area contributed by atoms with Gasteiger partial charge in [0.15, 0.2) is 0 Å². The highest BCUT2D eigenvalue weighted by Crippen LogP contribution is 2.51. The molecule has 2 aliphatic rings. The number of aliphatic carboxylic acids is 1. The van der Waals surface area contributed by atoms with Gasteiger partial charge < -0.3 is 25.0 Å². The second kappa shape index (κ2) is 44.3. The van der Waals surface area contributed by atoms with Crippen LogP contribution in [0.5, 0.6) is 0 Å². The van der Waals surface area contributed by atoms with Crippen molar-refractivity contribution in [2.45, 2.75) is 351 Å². The predicted octanol–water partition coefficient (Wildman–Crippen LogP) is 21.5. The molecule has 0 aliphatic carbocycles. The quantitative estimate of drug-likeness (QED) is 0.0138. The average Bonchev–Trinajstić information content (AvgIpc) is 0.777. The Balaban J connectivity index is 1.71. The topological polar surface area (TPSA) is 191 Å². The molecule has 5 atom stereocenters. The maximum atomic E-state index is 16.3. The van der Waals surface area contributed by atoms with Gasteiger partial charge in [0, 0.05) is 53.4 Å². The summed E-state index contributed by atoms with van der Waals surface area (Å²) in [6, 6.07) is 22.2. The lowest BCUT2D eigenvalue weighted by molar-refractivity contribution is -0.260. The summed E-state index contributed by atoms with van der Waals surface area (Å²) in [7, 11) is -4.67. The molecule has 5 unspecified atom stereocenters. The van der Waals surface area contributed by atoms with Gasteiger partial charge in [0.2, 0.25) is 0 Å². The fourth-order valence-electron chi connectivity index (χ4n) is 15.9. The van der Waals surface area contributed by atoms with E-state index < -0.39 is 95.7 Å². The number of hydroxylamine groups is 4. The van der Waals surface area contributed by atoms with Crippen molar-refractivity contribution in [2.75, 3.05) is 5.75 Å². The van der Waals surface area contributed by atoms with Crippen LogP contribution in [0.4, 0.5) is 0 Å². The number of thioether (sulfide) groups is 2. The van der Waals surface area contributed by atoms with E-state index in [-0.39, 0.29) is 37.0 Å². The first-order chi connectivity index (χ1) is 50.9. The lowest BCUT2D eigenvalue weighted by Gasteiger charge is -2.51. The minimum atomic E-state index is -4.67. The number of carboxylic acid groups (broad SMARTS) is 1. The number of thiocarbonyl (C=S) groups is 1. The fraction of sp³-hybridized carbons (Fsp3) is 0.626. The summed E-state index contributed by atoms with van der Waals surface area (Å²) in [5.74, 6) is 26.1. The maximum Gasteiger partial charge on any atom is 0.322 e. The molecule has 3 aromatic carbocycles. The minimum absolute atomic E-state index is 0.0837. The van der Waals surface area contributed by atoms with Gasteiger partial charge in [0.1, 0.15) is 20.5 Å². The number of hydrogen-bond acceptors (Lipinski definition) is 14. The number of esters is 2. The van der Waals surface area contributed by atoms with Crippen LogP contribution in [0, 0.1) is 82.4 Å². The van der Waals surface area contributed by atoms with Gasteiger partial charge in [-0.15, -0.1) is 18.2 Å². The van der Waals surface area contributed by atoms with Gasteiger partial charge in [-0.1, -0.05) is 208 Å². The van der Waals surface area contributed by atoms with E-state index in [0.29, 0.717) is 40.3 Å². The molecule has 2 saturated heterocycles. The molecular weight excluding hydrogens is 1430 g/mol. The monoisotopic (exact) mass is 1550 g/mol. The average molecular weight is 1550 g/mol. The van der Waals surface area contributed by atoms with Crippen molar-refractivity contribution < 1.29 is 52.3 Å². The molecule has 108 heavy (non-hydrogen) atoms. The molecule has 590 valence electrons. The molecule has 0 saturated carbocycles. The molecule has 0 bridgehead atoms. The third kappa shape index (κ3) is 30.9. The van der Waals surface area contributed by atoms with Gasteiger partial charge in [0.25, 0.3) is 10.1 Å². The molecule has 2 heterocycles. The zero-order chi connectivity index (χ0) is 79.8. The Morgan fingerprint density at radius 3 is 1.36 bits per heavy atom. The first-order valence-corrected chi connectivity index (χ1v) is 43.3. The second-order valence-electron chi connectivity index (χ2n) is 34.0. The molecule has 17 heteroatoms. The molecule has 5 rings (SSSR count). The Bertz CT molecular complexity index is 3850. The smallest absolute Gasteiger partial charge is 0.322 e. The van der Waals surface area contributed by atoms with Gasteiger partial charge in [-0.3, -0.25) is 18.9 Å². The summed E-state index contributed by atoms with van der Waals surface area (Å²) >= 11 is 9.20. The maximum absolute atomic E-state index is 16.3. The van der Waals surface area contributed by atoms with E-state index in [1.54, 1.807) is 37.7 Å². The zero-order valence-electron chi connectivity index (χ0n) is 67.5. The molecule has 2 fully saturated rings. The molecule has 3 aromatic rings. The normalized spacial score (nSPS) is 17.6. The van der Waals surface area contributed by atoms with Crippen LogP contribution in [-0.2, 0) is 40.4 Å². The molecule has 4 N–H and O–H groups in total. The van der Waals surface area contributed by atoms with Crippen molar-refractivity contribution >= 4 is 67.3 Å². The van der Waals surface area contributed by atoms with Gasteiger partial charge in [-0.05, 0) is 264 Å². The lowest BCUT2D eigenvalue weighted by atomic mass is 9.66. The van der Waals surface area contributed by atoms with Crippen molar-refractivity contribution in [1.29, 1.82) is 0 Å². The molecule has 0 amide bonds. The molecule has 0 spiro atoms. The fourth-order valence-corrected chi connectivity index (χ4v) is 19.6. The Kier molecular flexibility index (Phi) is 38.0. The first kappa shape index (κ1) is 92.6. The SMILES string of the molecule is C#CC#CC#CC#CC#CC#Cc1ccc(C(CC(CC(C)(CC(CC(C)(C)C(=O)O)c2ccc(CCCCCCCCCCCC)cc2)C(=O)OC2CC(C)(C)N(O)C(C)(C)C2)c2ccc(S(=O)(=O)O)cc2)CC(C)(SC(=S)SCCCCCCCCCCCC)C(=O)OC2CC(C)(C)N(O)C(C)(C)C2)cc1. The molecule has 0 aromatic heterocycles. The molecule has 0 radical (unpaired) electrons. The minimum Gasteiger partial charge on any atom is -0.481 e. The zero-order valence-corrected chi connectivity index (χ0v) is 70.8. The summed E-state index contributed by atoms with van der Waals surface area (Å²) < 4.78 is 49.1. The summed E-state index contributed by atoms with van der Waals surface area (Å²) in [4.78, 5) is 45.2. The molecule has 13 nitrogen and oxygen atoms in total. The van der Waals surface area contributed by atoms with Crippen molar-refractivity contribution in [3.05, 3.63) is 101 Å². The summed E-state index contributed by atoms with van der Waals surface area (Å²) in [6.45, 7) is 27.1. The number of benzene rings is 3. The number of hydrogen-bond donors (Lipinski definition) is 4. The van der Waals surface area contributed by atoms with Crippen LogP contribution in [0.15, 0.2) is 77.7 Å². The van der Waals surface area contributed by atoms with E-state index >= 15 is 9.59 Å².